The Balaban J connectivity index is 2.25. The quantitative estimate of drug-likeness (QED) is 0.525. The van der Waals surface area contributed by atoms with Crippen molar-refractivity contribution in [2.24, 2.45) is 0 Å². The molecule has 1 aliphatic rings. The van der Waals surface area contributed by atoms with E-state index in [2.05, 4.69) is 12.6 Å². The predicted octanol–water partition coefficient (Wildman–Crippen LogP) is 1.55. The van der Waals surface area contributed by atoms with Crippen LogP contribution in [0.2, 0.25) is 12.1 Å². The lowest BCUT2D eigenvalue weighted by molar-refractivity contribution is 0.201. The van der Waals surface area contributed by atoms with Crippen molar-refractivity contribution in [2.45, 2.75) is 31.4 Å². The zero-order valence-corrected chi connectivity index (χ0v) is 8.65. The first-order chi connectivity index (χ1) is 5.27. The van der Waals surface area contributed by atoms with Gasteiger partial charge in [0.2, 0.25) is 0 Å². The van der Waals surface area contributed by atoms with E-state index in [-0.39, 0.29) is 0 Å². The molecule has 0 aromatic carbocycles. The molecular formula is C7H16O2SSi. The molecule has 1 unspecified atom stereocenters. The van der Waals surface area contributed by atoms with Crippen molar-refractivity contribution >= 4 is 21.2 Å². The third-order valence-electron chi connectivity index (χ3n) is 2.06. The van der Waals surface area contributed by atoms with E-state index in [4.69, 9.17) is 4.43 Å². The van der Waals surface area contributed by atoms with Crippen molar-refractivity contribution < 1.29 is 9.22 Å². The lowest BCUT2D eigenvalue weighted by Crippen LogP contribution is -2.41. The summed E-state index contributed by atoms with van der Waals surface area (Å²) in [4.78, 5) is 9.89. The van der Waals surface area contributed by atoms with Crippen LogP contribution in [0.4, 0.5) is 0 Å². The molecule has 11 heavy (non-hydrogen) atoms. The monoisotopic (exact) mass is 192 g/mol. The van der Waals surface area contributed by atoms with Crippen molar-refractivity contribution in [1.29, 1.82) is 0 Å². The summed E-state index contributed by atoms with van der Waals surface area (Å²) in [5.41, 5.74) is 0. The van der Waals surface area contributed by atoms with Gasteiger partial charge in [-0.05, 0) is 37.1 Å². The summed E-state index contributed by atoms with van der Waals surface area (Å²) >= 11 is 4.11. The molecule has 0 aromatic rings. The Kier molecular flexibility index (Phi) is 3.91. The molecule has 0 saturated carbocycles. The van der Waals surface area contributed by atoms with Crippen LogP contribution in [0.15, 0.2) is 0 Å². The Morgan fingerprint density at radius 3 is 2.82 bits per heavy atom. The molecule has 0 aromatic heterocycles. The van der Waals surface area contributed by atoms with E-state index in [1.165, 1.54) is 0 Å². The third-order valence-corrected chi connectivity index (χ3v) is 5.39. The van der Waals surface area contributed by atoms with E-state index in [0.29, 0.717) is 0 Å². The molecule has 0 bridgehead atoms. The Bertz CT molecular complexity index is 115. The van der Waals surface area contributed by atoms with E-state index in [1.54, 1.807) is 0 Å². The van der Waals surface area contributed by atoms with Gasteiger partial charge in [-0.25, -0.2) is 0 Å². The molecule has 1 saturated heterocycles. The zero-order chi connectivity index (χ0) is 8.16. The first-order valence-electron chi connectivity index (χ1n) is 4.24. The zero-order valence-electron chi connectivity index (χ0n) is 6.75. The smallest absolute Gasteiger partial charge is 0.335 e. The topological polar surface area (TPSA) is 29.5 Å². The molecule has 1 heterocycles. The summed E-state index contributed by atoms with van der Waals surface area (Å²) in [7, 11) is -2.21. The molecule has 0 aliphatic carbocycles. The van der Waals surface area contributed by atoms with Crippen LogP contribution in [0.25, 0.3) is 0 Å². The van der Waals surface area contributed by atoms with Gasteiger partial charge in [-0.2, -0.15) is 12.6 Å². The largest absolute Gasteiger partial charge is 0.411 e. The van der Waals surface area contributed by atoms with Gasteiger partial charge in [0.05, 0.1) is 0 Å². The van der Waals surface area contributed by atoms with Crippen molar-refractivity contribution in [1.82, 2.24) is 0 Å². The molecule has 1 fully saturated rings. The lowest BCUT2D eigenvalue weighted by Gasteiger charge is -2.28. The fraction of sp³-hybridized carbons (Fsp3) is 1.00. The molecule has 66 valence electrons. The fourth-order valence-corrected chi connectivity index (χ4v) is 4.44. The minimum atomic E-state index is -2.21. The molecule has 2 nitrogen and oxygen atoms in total. The second kappa shape index (κ2) is 4.50. The van der Waals surface area contributed by atoms with Gasteiger partial charge >= 0.3 is 8.56 Å². The number of thiol groups is 1. The summed E-state index contributed by atoms with van der Waals surface area (Å²) in [6, 6.07) is 1.80. The highest BCUT2D eigenvalue weighted by atomic mass is 32.1. The highest BCUT2D eigenvalue weighted by Crippen LogP contribution is 2.23. The maximum absolute atomic E-state index is 9.89. The molecule has 1 atom stereocenters. The molecule has 1 rings (SSSR count). The van der Waals surface area contributed by atoms with Gasteiger partial charge in [0, 0.05) is 6.61 Å². The van der Waals surface area contributed by atoms with E-state index in [9.17, 15) is 4.80 Å². The first-order valence-corrected chi connectivity index (χ1v) is 7.14. The number of hydrogen-bond acceptors (Lipinski definition) is 3. The van der Waals surface area contributed by atoms with Gasteiger partial charge in [0.1, 0.15) is 0 Å². The van der Waals surface area contributed by atoms with Crippen molar-refractivity contribution in [3.8, 4) is 0 Å². The molecule has 0 spiro atoms. The van der Waals surface area contributed by atoms with Crippen LogP contribution in [0, 0.1) is 0 Å². The maximum Gasteiger partial charge on any atom is 0.335 e. The van der Waals surface area contributed by atoms with Gasteiger partial charge in [-0.3, -0.25) is 0 Å². The SMILES string of the molecule is O[Si]1(CCCS)CCCCO1. The minimum absolute atomic E-state index is 0.773. The van der Waals surface area contributed by atoms with Crippen LogP contribution in [-0.4, -0.2) is 25.7 Å². The fourth-order valence-electron chi connectivity index (χ4n) is 1.39. The highest BCUT2D eigenvalue weighted by Gasteiger charge is 2.34. The van der Waals surface area contributed by atoms with Gasteiger partial charge in [0.15, 0.2) is 0 Å². The Morgan fingerprint density at radius 2 is 2.27 bits per heavy atom. The lowest BCUT2D eigenvalue weighted by atomic mass is 10.4. The first kappa shape index (κ1) is 9.57. The standard InChI is InChI=1S/C7H16O2SSi/c8-11(7-3-5-10)6-2-1-4-9-11/h8,10H,1-7H2. The van der Waals surface area contributed by atoms with Crippen LogP contribution < -0.4 is 0 Å². The molecule has 4 heteroatoms. The summed E-state index contributed by atoms with van der Waals surface area (Å²) in [5, 5.41) is 0. The van der Waals surface area contributed by atoms with Gasteiger partial charge in [-0.1, -0.05) is 0 Å². The second-order valence-corrected chi connectivity index (χ2v) is 6.71. The van der Waals surface area contributed by atoms with Crippen LogP contribution in [-0.2, 0) is 4.43 Å². The van der Waals surface area contributed by atoms with E-state index in [1.807, 2.05) is 0 Å². The summed E-state index contributed by atoms with van der Waals surface area (Å²) in [6.45, 7) is 0.773. The van der Waals surface area contributed by atoms with E-state index in [0.717, 1.165) is 43.7 Å². The Morgan fingerprint density at radius 1 is 1.45 bits per heavy atom. The molecule has 1 aliphatic heterocycles. The van der Waals surface area contributed by atoms with Crippen molar-refractivity contribution in [3.63, 3.8) is 0 Å². The van der Waals surface area contributed by atoms with Crippen LogP contribution >= 0.6 is 12.6 Å². The van der Waals surface area contributed by atoms with E-state index < -0.39 is 8.56 Å². The summed E-state index contributed by atoms with van der Waals surface area (Å²) < 4.78 is 5.43. The highest BCUT2D eigenvalue weighted by molar-refractivity contribution is 7.80. The molecule has 0 radical (unpaired) electrons. The van der Waals surface area contributed by atoms with Crippen LogP contribution in [0.1, 0.15) is 19.3 Å². The van der Waals surface area contributed by atoms with Crippen LogP contribution in [0.5, 0.6) is 0 Å². The van der Waals surface area contributed by atoms with Crippen LogP contribution in [0.3, 0.4) is 0 Å². The Hall–Kier alpha value is 0.487. The van der Waals surface area contributed by atoms with Gasteiger partial charge in [-0.15, -0.1) is 0 Å². The number of hydrogen-bond donors (Lipinski definition) is 2. The minimum Gasteiger partial charge on any atom is -0.411 e. The average molecular weight is 192 g/mol. The number of rotatable bonds is 3. The summed E-state index contributed by atoms with van der Waals surface area (Å²) in [5.74, 6) is 0.860. The molecule has 0 amide bonds. The van der Waals surface area contributed by atoms with Crippen molar-refractivity contribution in [3.05, 3.63) is 0 Å². The average Bonchev–Trinajstić information content (AvgIpc) is 2.03. The normalized spacial score (nSPS) is 32.2. The Labute approximate surface area is 74.6 Å². The van der Waals surface area contributed by atoms with Crippen molar-refractivity contribution in [2.75, 3.05) is 12.4 Å². The summed E-state index contributed by atoms with van der Waals surface area (Å²) in [6.07, 6.45) is 3.26. The maximum atomic E-state index is 9.89. The third kappa shape index (κ3) is 3.15. The van der Waals surface area contributed by atoms with E-state index >= 15 is 0 Å². The van der Waals surface area contributed by atoms with Gasteiger partial charge in [0.25, 0.3) is 0 Å². The molecule has 1 N–H and O–H groups in total. The van der Waals surface area contributed by atoms with Gasteiger partial charge < -0.3 is 9.22 Å². The second-order valence-electron chi connectivity index (χ2n) is 3.08. The molecular weight excluding hydrogens is 176 g/mol. The predicted molar refractivity (Wildman–Crippen MR) is 51.2 cm³/mol.